The van der Waals surface area contributed by atoms with Gasteiger partial charge in [-0.1, -0.05) is 54.6 Å². The van der Waals surface area contributed by atoms with E-state index >= 15 is 0 Å². The summed E-state index contributed by atoms with van der Waals surface area (Å²) in [6, 6.07) is 25.7. The zero-order chi connectivity index (χ0) is 17.8. The number of nitrogens with one attached hydrogen (secondary N) is 1. The Labute approximate surface area is 152 Å². The van der Waals surface area contributed by atoms with Crippen molar-refractivity contribution < 1.29 is 4.79 Å². The lowest BCUT2D eigenvalue weighted by molar-refractivity contribution is 0.0951. The standard InChI is InChI=1S/C22H19N3O/c26-22(19-9-2-1-3-10-19)23-14-17-7-6-8-18(13-17)15-25-16-24-20-11-4-5-12-21(20)25/h1-13,16H,14-15H2,(H,23,26). The average Bonchev–Trinajstić information content (AvgIpc) is 3.10. The van der Waals surface area contributed by atoms with Gasteiger partial charge in [-0.25, -0.2) is 4.98 Å². The van der Waals surface area contributed by atoms with Crippen LogP contribution in [0.5, 0.6) is 0 Å². The Morgan fingerprint density at radius 2 is 1.65 bits per heavy atom. The van der Waals surface area contributed by atoms with Gasteiger partial charge in [0, 0.05) is 18.7 Å². The summed E-state index contributed by atoms with van der Waals surface area (Å²) in [5.74, 6) is -0.0587. The van der Waals surface area contributed by atoms with E-state index in [2.05, 4.69) is 33.1 Å². The molecule has 1 heterocycles. The number of imidazole rings is 1. The molecule has 0 radical (unpaired) electrons. The first-order chi connectivity index (χ1) is 12.8. The van der Waals surface area contributed by atoms with Crippen molar-refractivity contribution in [2.75, 3.05) is 0 Å². The minimum absolute atomic E-state index is 0.0587. The van der Waals surface area contributed by atoms with Crippen LogP contribution in [-0.4, -0.2) is 15.5 Å². The Morgan fingerprint density at radius 3 is 2.54 bits per heavy atom. The second kappa shape index (κ2) is 7.23. The second-order valence-electron chi connectivity index (χ2n) is 6.23. The van der Waals surface area contributed by atoms with Gasteiger partial charge in [0.15, 0.2) is 0 Å². The number of amides is 1. The molecular weight excluding hydrogens is 322 g/mol. The van der Waals surface area contributed by atoms with Crippen molar-refractivity contribution in [3.63, 3.8) is 0 Å². The van der Waals surface area contributed by atoms with Crippen LogP contribution in [0.25, 0.3) is 11.0 Å². The first kappa shape index (κ1) is 16.1. The summed E-state index contributed by atoms with van der Waals surface area (Å²) in [4.78, 5) is 16.6. The molecule has 26 heavy (non-hydrogen) atoms. The van der Waals surface area contributed by atoms with Gasteiger partial charge in [-0.05, 0) is 35.4 Å². The van der Waals surface area contributed by atoms with Crippen LogP contribution in [0.3, 0.4) is 0 Å². The van der Waals surface area contributed by atoms with Crippen LogP contribution in [0.2, 0.25) is 0 Å². The summed E-state index contributed by atoms with van der Waals surface area (Å²) >= 11 is 0. The molecule has 0 saturated carbocycles. The van der Waals surface area contributed by atoms with Gasteiger partial charge in [-0.15, -0.1) is 0 Å². The minimum atomic E-state index is -0.0587. The third kappa shape index (κ3) is 3.49. The molecule has 0 bridgehead atoms. The Kier molecular flexibility index (Phi) is 4.48. The summed E-state index contributed by atoms with van der Waals surface area (Å²) in [5.41, 5.74) is 5.05. The predicted molar refractivity (Wildman–Crippen MR) is 103 cm³/mol. The van der Waals surface area contributed by atoms with E-state index in [1.54, 1.807) is 0 Å². The van der Waals surface area contributed by atoms with Gasteiger partial charge < -0.3 is 9.88 Å². The lowest BCUT2D eigenvalue weighted by Crippen LogP contribution is -2.22. The van der Waals surface area contributed by atoms with E-state index < -0.39 is 0 Å². The topological polar surface area (TPSA) is 46.9 Å². The third-order valence-corrected chi connectivity index (χ3v) is 4.36. The van der Waals surface area contributed by atoms with Crippen molar-refractivity contribution in [2.45, 2.75) is 13.1 Å². The SMILES string of the molecule is O=C(NCc1cccc(Cn2cnc3ccccc32)c1)c1ccccc1. The van der Waals surface area contributed by atoms with E-state index in [1.807, 2.05) is 67.0 Å². The van der Waals surface area contributed by atoms with Gasteiger partial charge in [0.1, 0.15) is 0 Å². The summed E-state index contributed by atoms with van der Waals surface area (Å²) in [5, 5.41) is 2.97. The van der Waals surface area contributed by atoms with Crippen molar-refractivity contribution >= 4 is 16.9 Å². The van der Waals surface area contributed by atoms with Crippen molar-refractivity contribution in [1.29, 1.82) is 0 Å². The van der Waals surface area contributed by atoms with Gasteiger partial charge in [0.2, 0.25) is 0 Å². The predicted octanol–water partition coefficient (Wildman–Crippen LogP) is 4.01. The van der Waals surface area contributed by atoms with Crippen LogP contribution < -0.4 is 5.32 Å². The summed E-state index contributed by atoms with van der Waals surface area (Å²) < 4.78 is 2.14. The van der Waals surface area contributed by atoms with Crippen LogP contribution in [0.4, 0.5) is 0 Å². The summed E-state index contributed by atoms with van der Waals surface area (Å²) in [7, 11) is 0. The van der Waals surface area contributed by atoms with Crippen molar-refractivity contribution in [3.05, 3.63) is 102 Å². The molecule has 0 spiro atoms. The van der Waals surface area contributed by atoms with Crippen LogP contribution in [0.1, 0.15) is 21.5 Å². The average molecular weight is 341 g/mol. The molecular formula is C22H19N3O. The number of fused-ring (bicyclic) bond motifs is 1. The third-order valence-electron chi connectivity index (χ3n) is 4.36. The zero-order valence-corrected chi connectivity index (χ0v) is 14.3. The van der Waals surface area contributed by atoms with E-state index in [0.717, 1.165) is 23.1 Å². The molecule has 128 valence electrons. The number of carbonyl (C=O) groups excluding carboxylic acids is 1. The van der Waals surface area contributed by atoms with E-state index in [4.69, 9.17) is 0 Å². The molecule has 0 atom stereocenters. The Morgan fingerprint density at radius 1 is 0.885 bits per heavy atom. The van der Waals surface area contributed by atoms with Crippen LogP contribution in [0.15, 0.2) is 85.2 Å². The smallest absolute Gasteiger partial charge is 0.251 e. The van der Waals surface area contributed by atoms with Crippen LogP contribution in [-0.2, 0) is 13.1 Å². The number of para-hydroxylation sites is 2. The van der Waals surface area contributed by atoms with Crippen molar-refractivity contribution in [1.82, 2.24) is 14.9 Å². The highest BCUT2D eigenvalue weighted by molar-refractivity contribution is 5.94. The van der Waals surface area contributed by atoms with Crippen molar-refractivity contribution in [2.24, 2.45) is 0 Å². The fourth-order valence-electron chi connectivity index (χ4n) is 3.04. The largest absolute Gasteiger partial charge is 0.348 e. The molecule has 0 saturated heterocycles. The monoisotopic (exact) mass is 341 g/mol. The quantitative estimate of drug-likeness (QED) is 0.596. The van der Waals surface area contributed by atoms with Gasteiger partial charge in [-0.3, -0.25) is 4.79 Å². The number of hydrogen-bond acceptors (Lipinski definition) is 2. The Balaban J connectivity index is 1.46. The van der Waals surface area contributed by atoms with Crippen molar-refractivity contribution in [3.8, 4) is 0 Å². The molecule has 1 aromatic heterocycles. The second-order valence-corrected chi connectivity index (χ2v) is 6.23. The lowest BCUT2D eigenvalue weighted by Gasteiger charge is -2.09. The van der Waals surface area contributed by atoms with E-state index in [-0.39, 0.29) is 5.91 Å². The molecule has 4 aromatic rings. The molecule has 0 aliphatic heterocycles. The van der Waals surface area contributed by atoms with E-state index in [9.17, 15) is 4.79 Å². The number of benzene rings is 3. The molecule has 0 unspecified atom stereocenters. The molecule has 4 nitrogen and oxygen atoms in total. The minimum Gasteiger partial charge on any atom is -0.348 e. The summed E-state index contributed by atoms with van der Waals surface area (Å²) in [6.45, 7) is 1.26. The highest BCUT2D eigenvalue weighted by atomic mass is 16.1. The first-order valence-corrected chi connectivity index (χ1v) is 8.60. The molecule has 0 fully saturated rings. The molecule has 4 rings (SSSR count). The van der Waals surface area contributed by atoms with Crippen LogP contribution >= 0.6 is 0 Å². The molecule has 1 amide bonds. The van der Waals surface area contributed by atoms with Gasteiger partial charge in [0.25, 0.3) is 5.91 Å². The molecule has 0 aliphatic rings. The molecule has 3 aromatic carbocycles. The highest BCUT2D eigenvalue weighted by Gasteiger charge is 2.06. The van der Waals surface area contributed by atoms with E-state index in [1.165, 1.54) is 5.56 Å². The molecule has 0 aliphatic carbocycles. The van der Waals surface area contributed by atoms with E-state index in [0.29, 0.717) is 12.1 Å². The number of aromatic nitrogens is 2. The fourth-order valence-corrected chi connectivity index (χ4v) is 3.04. The zero-order valence-electron chi connectivity index (χ0n) is 14.3. The maximum atomic E-state index is 12.2. The highest BCUT2D eigenvalue weighted by Crippen LogP contribution is 2.15. The maximum absolute atomic E-state index is 12.2. The maximum Gasteiger partial charge on any atom is 0.251 e. The normalized spacial score (nSPS) is 10.8. The van der Waals surface area contributed by atoms with Gasteiger partial charge in [-0.2, -0.15) is 0 Å². The molecule has 4 heteroatoms. The lowest BCUT2D eigenvalue weighted by atomic mass is 10.1. The molecule has 1 N–H and O–H groups in total. The Hall–Kier alpha value is -3.40. The Bertz CT molecular complexity index is 1040. The number of carbonyl (C=O) groups is 1. The first-order valence-electron chi connectivity index (χ1n) is 8.60. The van der Waals surface area contributed by atoms with Gasteiger partial charge in [0.05, 0.1) is 17.4 Å². The summed E-state index contributed by atoms with van der Waals surface area (Å²) in [6.07, 6.45) is 1.87. The number of hydrogen-bond donors (Lipinski definition) is 1. The number of nitrogens with zero attached hydrogens (tertiary/aromatic N) is 2. The number of rotatable bonds is 5. The fraction of sp³-hybridized carbons (Fsp3) is 0.0909. The van der Waals surface area contributed by atoms with Crippen LogP contribution in [0, 0.1) is 0 Å². The van der Waals surface area contributed by atoms with Gasteiger partial charge >= 0.3 is 0 Å².